The van der Waals surface area contributed by atoms with Gasteiger partial charge in [-0.15, -0.1) is 0 Å². The zero-order valence-corrected chi connectivity index (χ0v) is 19.7. The molecule has 3 rings (SSSR count). The third-order valence-electron chi connectivity index (χ3n) is 5.40. The Morgan fingerprint density at radius 1 is 1.06 bits per heavy atom. The van der Waals surface area contributed by atoms with Crippen molar-refractivity contribution in [1.82, 2.24) is 15.3 Å². The van der Waals surface area contributed by atoms with E-state index in [4.69, 9.17) is 16.3 Å². The lowest BCUT2D eigenvalue weighted by molar-refractivity contribution is -0.141. The molecule has 0 aliphatic heterocycles. The Morgan fingerprint density at radius 2 is 1.71 bits per heavy atom. The fourth-order valence-corrected chi connectivity index (χ4v) is 3.62. The molecule has 180 valence electrons. The second kappa shape index (κ2) is 10.4. The lowest BCUT2D eigenvalue weighted by atomic mass is 9.86. The van der Waals surface area contributed by atoms with Crippen molar-refractivity contribution in [2.24, 2.45) is 0 Å². The minimum Gasteiger partial charge on any atom is -0.461 e. The molecule has 2 atom stereocenters. The van der Waals surface area contributed by atoms with E-state index in [-0.39, 0.29) is 17.8 Å². The van der Waals surface area contributed by atoms with Gasteiger partial charge in [0.15, 0.2) is 11.3 Å². The Kier molecular flexibility index (Phi) is 7.82. The van der Waals surface area contributed by atoms with Crippen molar-refractivity contribution in [1.29, 1.82) is 0 Å². The number of nitrogens with one attached hydrogen (secondary N) is 1. The topological polar surface area (TPSA) is 64.1 Å². The van der Waals surface area contributed by atoms with Gasteiger partial charge >= 0.3 is 6.18 Å². The molecule has 0 saturated heterocycles. The molecule has 3 aromatic rings. The maximum absolute atomic E-state index is 13.1. The number of hydrogen-bond acceptors (Lipinski definition) is 4. The largest absolute Gasteiger partial charge is 0.461 e. The van der Waals surface area contributed by atoms with Gasteiger partial charge in [0.05, 0.1) is 0 Å². The second-order valence-electron chi connectivity index (χ2n) is 8.46. The minimum atomic E-state index is -4.65. The molecule has 1 amide bonds. The summed E-state index contributed by atoms with van der Waals surface area (Å²) < 4.78 is 44.4. The number of alkyl halides is 3. The molecule has 1 heterocycles. The maximum Gasteiger partial charge on any atom is 0.433 e. The van der Waals surface area contributed by atoms with Crippen molar-refractivity contribution in [2.45, 2.75) is 50.9 Å². The van der Waals surface area contributed by atoms with Gasteiger partial charge in [-0.05, 0) is 50.5 Å². The lowest BCUT2D eigenvalue weighted by Gasteiger charge is -2.30. The molecule has 34 heavy (non-hydrogen) atoms. The summed E-state index contributed by atoms with van der Waals surface area (Å²) >= 11 is 6.01. The number of rotatable bonds is 8. The molecular formula is C25H25ClF3N3O2. The average Bonchev–Trinajstić information content (AvgIpc) is 2.78. The number of aromatic nitrogens is 2. The first kappa shape index (κ1) is 25.5. The molecule has 0 aliphatic carbocycles. The van der Waals surface area contributed by atoms with Gasteiger partial charge in [0.25, 0.3) is 5.91 Å². The zero-order valence-electron chi connectivity index (χ0n) is 18.9. The van der Waals surface area contributed by atoms with Crippen molar-refractivity contribution in [3.8, 4) is 5.88 Å². The molecule has 0 fully saturated rings. The second-order valence-corrected chi connectivity index (χ2v) is 8.90. The van der Waals surface area contributed by atoms with E-state index in [2.05, 4.69) is 15.3 Å². The summed E-state index contributed by atoms with van der Waals surface area (Å²) in [6, 6.07) is 17.6. The molecule has 1 N–H and O–H groups in total. The lowest BCUT2D eigenvalue weighted by Crippen LogP contribution is -2.51. The quantitative estimate of drug-likeness (QED) is 0.430. The first-order valence-electron chi connectivity index (χ1n) is 10.6. The predicted molar refractivity (Wildman–Crippen MR) is 124 cm³/mol. The SMILES string of the molecule is C[C@H](NC(=O)C(C)(C)Oc1cc(C(F)(F)F)ncn1)[C@@H](Cc1ccc(Cl)cc1)c1ccccc1. The number of ether oxygens (including phenoxy) is 1. The first-order chi connectivity index (χ1) is 16.0. The van der Waals surface area contributed by atoms with Gasteiger partial charge in [-0.1, -0.05) is 54.1 Å². The molecular weight excluding hydrogens is 467 g/mol. The number of halogens is 4. The van der Waals surface area contributed by atoms with Crippen LogP contribution in [-0.4, -0.2) is 27.5 Å². The highest BCUT2D eigenvalue weighted by molar-refractivity contribution is 6.30. The maximum atomic E-state index is 13.1. The summed E-state index contributed by atoms with van der Waals surface area (Å²) in [5.74, 6) is -0.891. The van der Waals surface area contributed by atoms with E-state index in [1.165, 1.54) is 13.8 Å². The normalized spacial score (nSPS) is 13.7. The fraction of sp³-hybridized carbons (Fsp3) is 0.320. The molecule has 0 aliphatic rings. The van der Waals surface area contributed by atoms with E-state index in [1.807, 2.05) is 61.5 Å². The monoisotopic (exact) mass is 491 g/mol. The van der Waals surface area contributed by atoms with Crippen molar-refractivity contribution in [3.63, 3.8) is 0 Å². The van der Waals surface area contributed by atoms with Crippen molar-refractivity contribution in [3.05, 3.63) is 88.8 Å². The van der Waals surface area contributed by atoms with Crippen LogP contribution in [0.1, 0.15) is 43.5 Å². The van der Waals surface area contributed by atoms with Gasteiger partial charge in [0.2, 0.25) is 5.88 Å². The number of hydrogen-bond donors (Lipinski definition) is 1. The Hall–Kier alpha value is -3.13. The van der Waals surface area contributed by atoms with Crippen LogP contribution in [0.15, 0.2) is 67.0 Å². The molecule has 0 unspecified atom stereocenters. The van der Waals surface area contributed by atoms with Crippen LogP contribution < -0.4 is 10.1 Å². The highest BCUT2D eigenvalue weighted by atomic mass is 35.5. The fourth-order valence-electron chi connectivity index (χ4n) is 3.50. The van der Waals surface area contributed by atoms with Crippen LogP contribution >= 0.6 is 11.6 Å². The van der Waals surface area contributed by atoms with Crippen LogP contribution in [-0.2, 0) is 17.4 Å². The van der Waals surface area contributed by atoms with Gasteiger partial charge in [0, 0.05) is 23.0 Å². The summed E-state index contributed by atoms with van der Waals surface area (Å²) in [5, 5.41) is 3.60. The van der Waals surface area contributed by atoms with Gasteiger partial charge in [-0.2, -0.15) is 13.2 Å². The van der Waals surface area contributed by atoms with Gasteiger partial charge < -0.3 is 10.1 Å². The number of carbonyl (C=O) groups is 1. The third-order valence-corrected chi connectivity index (χ3v) is 5.65. The summed E-state index contributed by atoms with van der Waals surface area (Å²) in [6.07, 6.45) is -3.25. The molecule has 0 bridgehead atoms. The summed E-state index contributed by atoms with van der Waals surface area (Å²) in [7, 11) is 0. The number of benzene rings is 2. The molecule has 2 aromatic carbocycles. The molecule has 1 aromatic heterocycles. The van der Waals surface area contributed by atoms with Crippen LogP contribution in [0.25, 0.3) is 0 Å². The predicted octanol–water partition coefficient (Wildman–Crippen LogP) is 5.84. The molecule has 0 radical (unpaired) electrons. The summed E-state index contributed by atoms with van der Waals surface area (Å²) in [5.41, 5.74) is -0.535. The molecule has 0 saturated carbocycles. The number of carbonyl (C=O) groups excluding carboxylic acids is 1. The first-order valence-corrected chi connectivity index (χ1v) is 11.0. The van der Waals surface area contributed by atoms with Crippen LogP contribution in [0.5, 0.6) is 5.88 Å². The minimum absolute atomic E-state index is 0.0713. The highest BCUT2D eigenvalue weighted by Gasteiger charge is 2.36. The van der Waals surface area contributed by atoms with Crippen LogP contribution in [0.4, 0.5) is 13.2 Å². The smallest absolute Gasteiger partial charge is 0.433 e. The van der Waals surface area contributed by atoms with Gasteiger partial charge in [0.1, 0.15) is 6.33 Å². The van der Waals surface area contributed by atoms with Crippen molar-refractivity contribution < 1.29 is 22.7 Å². The van der Waals surface area contributed by atoms with Crippen LogP contribution in [0.3, 0.4) is 0 Å². The average molecular weight is 492 g/mol. The highest BCUT2D eigenvalue weighted by Crippen LogP contribution is 2.30. The zero-order chi connectivity index (χ0) is 24.9. The third kappa shape index (κ3) is 6.70. The van der Waals surface area contributed by atoms with Crippen molar-refractivity contribution >= 4 is 17.5 Å². The van der Waals surface area contributed by atoms with E-state index in [0.717, 1.165) is 17.5 Å². The molecule has 5 nitrogen and oxygen atoms in total. The van der Waals surface area contributed by atoms with Crippen molar-refractivity contribution in [2.75, 3.05) is 0 Å². The standard InChI is InChI=1S/C25H25ClF3N3O2/c1-16(20(18-7-5-4-6-8-18)13-17-9-11-19(26)12-10-17)32-23(33)24(2,3)34-22-14-21(25(27,28)29)30-15-31-22/h4-12,14-16,20H,13H2,1-3H3,(H,32,33)/t16-,20+/m0/s1. The van der Waals surface area contributed by atoms with E-state index in [1.54, 1.807) is 0 Å². The Labute approximate surface area is 201 Å². The number of amides is 1. The van der Waals surface area contributed by atoms with E-state index < -0.39 is 23.4 Å². The molecule has 0 spiro atoms. The Balaban J connectivity index is 1.76. The van der Waals surface area contributed by atoms with E-state index in [0.29, 0.717) is 17.5 Å². The van der Waals surface area contributed by atoms with Gasteiger partial charge in [-0.3, -0.25) is 4.79 Å². The van der Waals surface area contributed by atoms with E-state index >= 15 is 0 Å². The van der Waals surface area contributed by atoms with E-state index in [9.17, 15) is 18.0 Å². The summed E-state index contributed by atoms with van der Waals surface area (Å²) in [6.45, 7) is 4.83. The van der Waals surface area contributed by atoms with Gasteiger partial charge in [-0.25, -0.2) is 9.97 Å². The van der Waals surface area contributed by atoms with Crippen LogP contribution in [0.2, 0.25) is 5.02 Å². The van der Waals surface area contributed by atoms with Crippen LogP contribution in [0, 0.1) is 0 Å². The Morgan fingerprint density at radius 3 is 2.32 bits per heavy atom. The number of nitrogens with zero attached hydrogens (tertiary/aromatic N) is 2. The Bertz CT molecular complexity index is 1110. The molecule has 9 heteroatoms. The summed E-state index contributed by atoms with van der Waals surface area (Å²) in [4.78, 5) is 20.0.